The van der Waals surface area contributed by atoms with Crippen LogP contribution in [0.2, 0.25) is 0 Å². The zero-order chi connectivity index (χ0) is 14.4. The average molecular weight is 279 g/mol. The van der Waals surface area contributed by atoms with Crippen LogP contribution in [0, 0.1) is 0 Å². The van der Waals surface area contributed by atoms with Crippen LogP contribution in [0.25, 0.3) is 10.9 Å². The predicted molar refractivity (Wildman–Crippen MR) is 81.4 cm³/mol. The maximum atomic E-state index is 12.2. The first kappa shape index (κ1) is 12.0. The van der Waals surface area contributed by atoms with Crippen LogP contribution in [0.3, 0.4) is 0 Å². The lowest BCUT2D eigenvalue weighted by molar-refractivity contribution is 0.417. The van der Waals surface area contributed by atoms with Crippen LogP contribution in [0.5, 0.6) is 5.75 Å². The van der Waals surface area contributed by atoms with E-state index in [1.807, 2.05) is 28.8 Å². The summed E-state index contributed by atoms with van der Waals surface area (Å²) in [6.07, 6.45) is 0. The first-order valence-corrected chi connectivity index (χ1v) is 6.70. The number of rotatable bonds is 1. The lowest BCUT2D eigenvalue weighted by Gasteiger charge is -2.24. The fraction of sp³-hybridized carbons (Fsp3) is 0.125. The van der Waals surface area contributed by atoms with Crippen molar-refractivity contribution in [2.24, 2.45) is 0 Å². The molecule has 4 rings (SSSR count). The minimum Gasteiger partial charge on any atom is -0.495 e. The minimum absolute atomic E-state index is 0.248. The second-order valence-corrected chi connectivity index (χ2v) is 4.97. The zero-order valence-corrected chi connectivity index (χ0v) is 11.5. The molecule has 0 atom stereocenters. The van der Waals surface area contributed by atoms with Gasteiger partial charge in [0.25, 0.3) is 5.56 Å². The van der Waals surface area contributed by atoms with Gasteiger partial charge in [0.2, 0.25) is 5.95 Å². The van der Waals surface area contributed by atoms with Crippen LogP contribution >= 0.6 is 0 Å². The Morgan fingerprint density at radius 3 is 2.90 bits per heavy atom. The molecule has 0 amide bonds. The van der Waals surface area contributed by atoms with Crippen molar-refractivity contribution < 1.29 is 4.74 Å². The molecule has 104 valence electrons. The molecule has 0 saturated carbocycles. The van der Waals surface area contributed by atoms with E-state index in [0.717, 1.165) is 16.8 Å². The number of fused-ring (bicyclic) bond motifs is 4. The van der Waals surface area contributed by atoms with Gasteiger partial charge in [-0.2, -0.15) is 4.98 Å². The Hall–Kier alpha value is -2.82. The number of methoxy groups -OCH3 is 1. The molecule has 1 aliphatic rings. The Morgan fingerprint density at radius 2 is 2.05 bits per heavy atom. The summed E-state index contributed by atoms with van der Waals surface area (Å²) >= 11 is 0. The average Bonchev–Trinajstić information content (AvgIpc) is 2.53. The third-order valence-electron chi connectivity index (χ3n) is 3.77. The quantitative estimate of drug-likeness (QED) is 0.581. The summed E-state index contributed by atoms with van der Waals surface area (Å²) in [5.74, 6) is 1.23. The fourth-order valence-corrected chi connectivity index (χ4v) is 2.78. The molecule has 1 N–H and O–H groups in total. The second-order valence-electron chi connectivity index (χ2n) is 4.97. The normalized spacial score (nSPS) is 12.4. The number of aromatic nitrogens is 2. The van der Waals surface area contributed by atoms with E-state index in [1.54, 1.807) is 19.2 Å². The summed E-state index contributed by atoms with van der Waals surface area (Å²) in [6.45, 7) is 0.655. The van der Waals surface area contributed by atoms with Gasteiger partial charge < -0.3 is 14.6 Å². The summed E-state index contributed by atoms with van der Waals surface area (Å²) in [5, 5.41) is 3.79. The highest BCUT2D eigenvalue weighted by molar-refractivity contribution is 5.86. The molecule has 5 nitrogen and oxygen atoms in total. The molecule has 3 aromatic rings. The van der Waals surface area contributed by atoms with Gasteiger partial charge in [0.1, 0.15) is 5.75 Å². The molecule has 0 radical (unpaired) electrons. The van der Waals surface area contributed by atoms with Crippen LogP contribution in [0.1, 0.15) is 5.56 Å². The van der Waals surface area contributed by atoms with Crippen LogP contribution in [0.15, 0.2) is 47.3 Å². The highest BCUT2D eigenvalue weighted by Crippen LogP contribution is 2.32. The van der Waals surface area contributed by atoms with Crippen LogP contribution in [0.4, 0.5) is 11.6 Å². The van der Waals surface area contributed by atoms with Gasteiger partial charge in [-0.15, -0.1) is 0 Å². The number of ether oxygens (including phenoxy) is 1. The molecule has 0 saturated heterocycles. The van der Waals surface area contributed by atoms with Crippen LogP contribution in [-0.4, -0.2) is 16.7 Å². The molecule has 1 aliphatic heterocycles. The largest absolute Gasteiger partial charge is 0.495 e. The van der Waals surface area contributed by atoms with Gasteiger partial charge in [-0.1, -0.05) is 24.3 Å². The van der Waals surface area contributed by atoms with Gasteiger partial charge in [0.15, 0.2) is 0 Å². The van der Waals surface area contributed by atoms with Crippen molar-refractivity contribution >= 4 is 22.5 Å². The Bertz CT molecular complexity index is 915. The third kappa shape index (κ3) is 1.71. The second kappa shape index (κ2) is 4.34. The molecular formula is C16H13N3O2. The number of hydrogen-bond acceptors (Lipinski definition) is 4. The summed E-state index contributed by atoms with van der Waals surface area (Å²) in [5.41, 5.74) is 2.67. The van der Waals surface area contributed by atoms with Gasteiger partial charge in [-0.05, 0) is 23.8 Å². The van der Waals surface area contributed by atoms with Crippen molar-refractivity contribution in [3.63, 3.8) is 0 Å². The van der Waals surface area contributed by atoms with Crippen molar-refractivity contribution in [1.29, 1.82) is 0 Å². The molecule has 5 heteroatoms. The van der Waals surface area contributed by atoms with Gasteiger partial charge in [-0.25, -0.2) is 0 Å². The zero-order valence-electron chi connectivity index (χ0n) is 11.5. The first-order valence-electron chi connectivity index (χ1n) is 6.70. The Labute approximate surface area is 120 Å². The Kier molecular flexibility index (Phi) is 2.47. The monoisotopic (exact) mass is 279 g/mol. The topological polar surface area (TPSA) is 56.1 Å². The smallest absolute Gasteiger partial charge is 0.282 e. The number of anilines is 2. The number of para-hydroxylation sites is 2. The van der Waals surface area contributed by atoms with Crippen LogP contribution < -0.4 is 15.6 Å². The van der Waals surface area contributed by atoms with Gasteiger partial charge in [0, 0.05) is 5.69 Å². The van der Waals surface area contributed by atoms with Crippen molar-refractivity contribution in [2.75, 3.05) is 12.4 Å². The van der Waals surface area contributed by atoms with Crippen LogP contribution in [-0.2, 0) is 6.54 Å². The number of benzene rings is 2. The predicted octanol–water partition coefficient (Wildman–Crippen LogP) is 2.51. The molecule has 0 fully saturated rings. The standard InChI is InChI=1S/C16H13N3O2/c1-21-13-8-4-6-11-14(13)19-9-10-5-2-3-7-12(10)17-16(19)18-15(11)20/h2-8H,9H2,1H3,(H,17,18,20). The van der Waals surface area contributed by atoms with E-state index in [9.17, 15) is 4.79 Å². The number of hydrogen-bond donors (Lipinski definition) is 1. The summed E-state index contributed by atoms with van der Waals surface area (Å²) in [4.78, 5) is 16.4. The molecule has 0 aliphatic carbocycles. The molecular weight excluding hydrogens is 266 g/mol. The highest BCUT2D eigenvalue weighted by Gasteiger charge is 2.19. The van der Waals surface area contributed by atoms with Gasteiger partial charge in [0.05, 0.1) is 24.6 Å². The maximum Gasteiger partial charge on any atom is 0.282 e. The van der Waals surface area contributed by atoms with E-state index in [0.29, 0.717) is 23.6 Å². The van der Waals surface area contributed by atoms with E-state index in [2.05, 4.69) is 16.4 Å². The molecule has 2 aromatic carbocycles. The third-order valence-corrected chi connectivity index (χ3v) is 3.77. The van der Waals surface area contributed by atoms with Crippen molar-refractivity contribution in [2.45, 2.75) is 6.54 Å². The van der Waals surface area contributed by atoms with E-state index < -0.39 is 0 Å². The Balaban J connectivity index is 2.06. The molecule has 0 bridgehead atoms. The molecule has 0 unspecified atom stereocenters. The highest BCUT2D eigenvalue weighted by atomic mass is 16.5. The van der Waals surface area contributed by atoms with E-state index in [4.69, 9.17) is 4.74 Å². The summed E-state index contributed by atoms with van der Waals surface area (Å²) in [6, 6.07) is 13.4. The van der Waals surface area contributed by atoms with Crippen molar-refractivity contribution in [1.82, 2.24) is 9.55 Å². The van der Waals surface area contributed by atoms with Gasteiger partial charge in [-0.3, -0.25) is 4.79 Å². The van der Waals surface area contributed by atoms with Crippen molar-refractivity contribution in [3.05, 3.63) is 58.4 Å². The first-order chi connectivity index (χ1) is 10.3. The lowest BCUT2D eigenvalue weighted by Crippen LogP contribution is -2.22. The van der Waals surface area contributed by atoms with Gasteiger partial charge >= 0.3 is 0 Å². The van der Waals surface area contributed by atoms with Crippen molar-refractivity contribution in [3.8, 4) is 5.75 Å². The fourth-order valence-electron chi connectivity index (χ4n) is 2.78. The number of nitrogens with zero attached hydrogens (tertiary/aromatic N) is 2. The summed E-state index contributed by atoms with van der Waals surface area (Å²) < 4.78 is 7.41. The molecule has 1 aromatic heterocycles. The maximum absolute atomic E-state index is 12.2. The van der Waals surface area contributed by atoms with E-state index >= 15 is 0 Å². The van der Waals surface area contributed by atoms with E-state index in [1.165, 1.54) is 0 Å². The van der Waals surface area contributed by atoms with E-state index in [-0.39, 0.29) is 5.56 Å². The summed E-state index contributed by atoms with van der Waals surface area (Å²) in [7, 11) is 1.61. The SMILES string of the molecule is COc1cccc2c(=O)nc3n(c12)Cc1ccccc1N3. The minimum atomic E-state index is -0.248. The molecule has 2 heterocycles. The number of nitrogens with one attached hydrogen (secondary N) is 1. The molecule has 0 spiro atoms. The lowest BCUT2D eigenvalue weighted by atomic mass is 10.1. The molecule has 21 heavy (non-hydrogen) atoms. The Morgan fingerprint density at radius 1 is 1.19 bits per heavy atom.